The van der Waals surface area contributed by atoms with Gasteiger partial charge in [-0.1, -0.05) is 128 Å². The monoisotopic (exact) mass is 784 g/mol. The van der Waals surface area contributed by atoms with Gasteiger partial charge in [-0.3, -0.25) is 4.79 Å². The zero-order chi connectivity index (χ0) is 37.5. The van der Waals surface area contributed by atoms with E-state index in [1.54, 1.807) is 16.9 Å². The number of hydrogen-bond acceptors (Lipinski definition) is 7. The zero-order valence-electron chi connectivity index (χ0n) is 29.7. The minimum Gasteiger partial charge on any atom is -0.455 e. The number of benzene rings is 5. The number of hydrogen-bond donors (Lipinski definition) is 1. The van der Waals surface area contributed by atoms with Crippen LogP contribution in [0.4, 0.5) is 0 Å². The minimum absolute atomic E-state index is 0.202. The number of furan rings is 1. The third-order valence-electron chi connectivity index (χ3n) is 9.97. The summed E-state index contributed by atoms with van der Waals surface area (Å²) in [7, 11) is 0. The molecule has 268 valence electrons. The van der Waals surface area contributed by atoms with Crippen LogP contribution in [0.2, 0.25) is 0 Å². The molecule has 0 aliphatic heterocycles. The van der Waals surface area contributed by atoms with Gasteiger partial charge < -0.3 is 14.7 Å². The van der Waals surface area contributed by atoms with Gasteiger partial charge in [0.15, 0.2) is 11.2 Å². The number of tetrazole rings is 1. The maximum absolute atomic E-state index is 11.9. The van der Waals surface area contributed by atoms with Crippen molar-refractivity contribution in [3.63, 3.8) is 0 Å². The molecule has 4 heterocycles. The van der Waals surface area contributed by atoms with E-state index in [1.165, 1.54) is 0 Å². The molecule has 55 heavy (non-hydrogen) atoms. The van der Waals surface area contributed by atoms with Gasteiger partial charge in [0.05, 0.1) is 11.0 Å². The molecule has 9 aromatic rings. The molecule has 5 aromatic carbocycles. The molecule has 0 fully saturated rings. The summed E-state index contributed by atoms with van der Waals surface area (Å²) >= 11 is 3.89. The molecule has 2 N–H and O–H groups in total. The van der Waals surface area contributed by atoms with Crippen molar-refractivity contribution in [2.75, 3.05) is 0 Å². The number of aromatic nitrogens is 7. The van der Waals surface area contributed by atoms with Crippen molar-refractivity contribution in [1.82, 2.24) is 34.7 Å². The van der Waals surface area contributed by atoms with E-state index in [1.807, 2.05) is 102 Å². The Morgan fingerprint density at radius 3 is 2.00 bits per heavy atom. The highest BCUT2D eigenvalue weighted by Gasteiger charge is 2.41. The van der Waals surface area contributed by atoms with Gasteiger partial charge in [-0.15, -0.1) is 15.0 Å². The lowest BCUT2D eigenvalue weighted by molar-refractivity contribution is 0.0996. The van der Waals surface area contributed by atoms with Crippen LogP contribution in [0.15, 0.2) is 154 Å². The van der Waals surface area contributed by atoms with Gasteiger partial charge in [0.2, 0.25) is 5.82 Å². The summed E-state index contributed by atoms with van der Waals surface area (Å²) in [6.07, 6.45) is 0.697. The Morgan fingerprint density at radius 2 is 1.38 bits per heavy atom. The number of aryl methyl sites for hydroxylation is 1. The lowest BCUT2D eigenvalue weighted by Crippen LogP contribution is -2.39. The fourth-order valence-corrected chi connectivity index (χ4v) is 8.02. The Balaban J connectivity index is 1.14. The first-order valence-electron chi connectivity index (χ1n) is 17.9. The van der Waals surface area contributed by atoms with Gasteiger partial charge in [0.1, 0.15) is 28.4 Å². The number of carbonyl (C=O) groups is 1. The third-order valence-corrected chi connectivity index (χ3v) is 10.8. The van der Waals surface area contributed by atoms with E-state index in [4.69, 9.17) is 30.5 Å². The number of pyridine rings is 1. The summed E-state index contributed by atoms with van der Waals surface area (Å²) < 4.78 is 9.40. The van der Waals surface area contributed by atoms with Crippen LogP contribution in [-0.2, 0) is 18.5 Å². The molecule has 9 rings (SSSR count). The summed E-state index contributed by atoms with van der Waals surface area (Å²) in [5.74, 6) is 1.39. The molecule has 0 saturated carbocycles. The number of primary amides is 1. The molecule has 0 bridgehead atoms. The lowest BCUT2D eigenvalue weighted by atomic mass is 9.77. The number of rotatable bonds is 10. The number of nitrogens with two attached hydrogens (primary N) is 1. The second-order valence-electron chi connectivity index (χ2n) is 13.2. The molecular formula is C44H33BrN8O2. The van der Waals surface area contributed by atoms with E-state index in [2.05, 4.69) is 63.4 Å². The standard InChI is InChI=1S/C44H33BrN8O2/c1-2-38-47-36-24-23-35(41(46)54)48-43(36)52(38)27-28-22-25-37-34(26-28)39(45)40(55-37)32-20-12-13-21-33(32)42-49-51-53(50-42)44(29-14-6-3-7-15-29,30-16-8-4-9-17-30)31-18-10-5-11-19-31/h3-26H,2,27H2,1H3,(H2,46,54). The van der Waals surface area contributed by atoms with Gasteiger partial charge in [-0.2, -0.15) is 0 Å². The summed E-state index contributed by atoms with van der Waals surface area (Å²) in [5, 5.41) is 15.5. The number of halogens is 1. The van der Waals surface area contributed by atoms with Crippen molar-refractivity contribution in [3.05, 3.63) is 184 Å². The minimum atomic E-state index is -0.907. The van der Waals surface area contributed by atoms with E-state index in [9.17, 15) is 4.79 Å². The van der Waals surface area contributed by atoms with Crippen molar-refractivity contribution >= 4 is 44.0 Å². The fourth-order valence-electron chi connectivity index (χ4n) is 7.42. The number of carbonyl (C=O) groups excluding carboxylic acids is 1. The van der Waals surface area contributed by atoms with Crippen LogP contribution in [0.25, 0.3) is 44.8 Å². The summed E-state index contributed by atoms with van der Waals surface area (Å²) in [6.45, 7) is 2.54. The normalized spacial score (nSPS) is 11.7. The molecule has 0 saturated heterocycles. The Morgan fingerprint density at radius 1 is 0.764 bits per heavy atom. The van der Waals surface area contributed by atoms with Crippen LogP contribution in [0, 0.1) is 0 Å². The quantitative estimate of drug-likeness (QED) is 0.137. The smallest absolute Gasteiger partial charge is 0.267 e. The predicted octanol–water partition coefficient (Wildman–Crippen LogP) is 8.81. The van der Waals surface area contributed by atoms with Gasteiger partial charge in [-0.25, -0.2) is 9.97 Å². The first-order valence-corrected chi connectivity index (χ1v) is 18.7. The molecule has 0 radical (unpaired) electrons. The van der Waals surface area contributed by atoms with Gasteiger partial charge in [0.25, 0.3) is 5.91 Å². The van der Waals surface area contributed by atoms with Crippen LogP contribution < -0.4 is 5.73 Å². The van der Waals surface area contributed by atoms with Crippen molar-refractivity contribution in [3.8, 4) is 22.7 Å². The number of fused-ring (bicyclic) bond motifs is 2. The van der Waals surface area contributed by atoms with Crippen molar-refractivity contribution in [2.24, 2.45) is 5.73 Å². The van der Waals surface area contributed by atoms with Crippen LogP contribution in [0.5, 0.6) is 0 Å². The Labute approximate surface area is 324 Å². The lowest BCUT2D eigenvalue weighted by Gasteiger charge is -2.34. The molecule has 10 nitrogen and oxygen atoms in total. The maximum atomic E-state index is 11.9. The number of nitrogens with zero attached hydrogens (tertiary/aromatic N) is 7. The van der Waals surface area contributed by atoms with Crippen molar-refractivity contribution in [2.45, 2.75) is 25.4 Å². The predicted molar refractivity (Wildman–Crippen MR) is 215 cm³/mol. The molecule has 0 spiro atoms. The third kappa shape index (κ3) is 5.80. The number of imidazole rings is 1. The second kappa shape index (κ2) is 13.9. The largest absolute Gasteiger partial charge is 0.455 e. The van der Waals surface area contributed by atoms with Gasteiger partial charge in [-0.05, 0) is 67.7 Å². The summed E-state index contributed by atoms with van der Waals surface area (Å²) in [6, 6.07) is 48.2. The highest BCUT2D eigenvalue weighted by molar-refractivity contribution is 9.10. The van der Waals surface area contributed by atoms with Crippen molar-refractivity contribution < 1.29 is 9.21 Å². The van der Waals surface area contributed by atoms with Gasteiger partial charge in [0, 0.05) is 22.9 Å². The molecule has 0 atom stereocenters. The Hall–Kier alpha value is -6.72. The van der Waals surface area contributed by atoms with Crippen LogP contribution >= 0.6 is 15.9 Å². The van der Waals surface area contributed by atoms with E-state index < -0.39 is 11.4 Å². The SMILES string of the molecule is CCc1nc2ccc(C(N)=O)nc2n1Cc1ccc2oc(-c3ccccc3-c3nnn(C(c4ccccc4)(c4ccccc4)c4ccccc4)n3)c(Br)c2c1. The zero-order valence-corrected chi connectivity index (χ0v) is 31.3. The number of amides is 1. The summed E-state index contributed by atoms with van der Waals surface area (Å²) in [5.41, 5.74) is 12.5. The Bertz CT molecular complexity index is 2730. The van der Waals surface area contributed by atoms with Crippen LogP contribution in [0.3, 0.4) is 0 Å². The van der Waals surface area contributed by atoms with Gasteiger partial charge >= 0.3 is 0 Å². The van der Waals surface area contributed by atoms with E-state index in [-0.39, 0.29) is 5.69 Å². The summed E-state index contributed by atoms with van der Waals surface area (Å²) in [4.78, 5) is 23.0. The van der Waals surface area contributed by atoms with Crippen molar-refractivity contribution in [1.29, 1.82) is 0 Å². The first-order chi connectivity index (χ1) is 26.9. The maximum Gasteiger partial charge on any atom is 0.267 e. The van der Waals surface area contributed by atoms with E-state index >= 15 is 0 Å². The van der Waals surface area contributed by atoms with E-state index in [0.29, 0.717) is 41.3 Å². The highest BCUT2D eigenvalue weighted by atomic mass is 79.9. The highest BCUT2D eigenvalue weighted by Crippen LogP contribution is 2.43. The molecule has 4 aromatic heterocycles. The Kier molecular flexibility index (Phi) is 8.63. The molecule has 1 amide bonds. The molecule has 0 aliphatic rings. The first kappa shape index (κ1) is 34.1. The topological polar surface area (TPSA) is 131 Å². The molecule has 11 heteroatoms. The van der Waals surface area contributed by atoms with Crippen LogP contribution in [-0.4, -0.2) is 40.6 Å². The molecule has 0 unspecified atom stereocenters. The average molecular weight is 786 g/mol. The fraction of sp³-hybridized carbons (Fsp3) is 0.0909. The average Bonchev–Trinajstić information content (AvgIpc) is 3.95. The van der Waals surface area contributed by atoms with E-state index in [0.717, 1.165) is 49.1 Å². The molecular weight excluding hydrogens is 752 g/mol. The van der Waals surface area contributed by atoms with Crippen LogP contribution in [0.1, 0.15) is 45.5 Å². The second-order valence-corrected chi connectivity index (χ2v) is 14.0. The molecule has 0 aliphatic carbocycles.